The van der Waals surface area contributed by atoms with Crippen LogP contribution in [-0.4, -0.2) is 36.8 Å². The van der Waals surface area contributed by atoms with Crippen molar-refractivity contribution >= 4 is 22.7 Å². The van der Waals surface area contributed by atoms with Gasteiger partial charge < -0.3 is 15.4 Å². The maximum absolute atomic E-state index is 6.00. The third-order valence-corrected chi connectivity index (χ3v) is 2.79. The van der Waals surface area contributed by atoms with Crippen molar-refractivity contribution in [1.82, 2.24) is 9.97 Å². The molecule has 0 saturated carbocycles. The lowest BCUT2D eigenvalue weighted by Crippen LogP contribution is -2.29. The molecule has 1 aromatic carbocycles. The molecule has 19 heavy (non-hydrogen) atoms. The molecule has 0 spiro atoms. The smallest absolute Gasteiger partial charge is 0.172 e. The number of nitrogens with zero attached hydrogens (tertiary/aromatic N) is 3. The lowest BCUT2D eigenvalue weighted by molar-refractivity contribution is 0.205. The number of hydrogen-bond donors (Lipinski definition) is 1. The number of methoxy groups -OCH3 is 1. The Bertz CT molecular complexity index is 570. The molecule has 2 rings (SSSR count). The molecule has 0 bridgehead atoms. The van der Waals surface area contributed by atoms with Crippen molar-refractivity contribution in [3.05, 3.63) is 36.9 Å². The molecular formula is C14H18N4O. The maximum Gasteiger partial charge on any atom is 0.172 e. The predicted octanol–water partition coefficient (Wildman–Crippen LogP) is 1.85. The quantitative estimate of drug-likeness (QED) is 0.801. The number of benzene rings is 1. The number of anilines is 2. The van der Waals surface area contributed by atoms with E-state index in [0.717, 1.165) is 11.0 Å². The van der Waals surface area contributed by atoms with Crippen molar-refractivity contribution in [1.29, 1.82) is 0 Å². The number of para-hydroxylation sites is 2. The second-order valence-electron chi connectivity index (χ2n) is 4.15. The van der Waals surface area contributed by atoms with Crippen LogP contribution in [0, 0.1) is 0 Å². The molecule has 2 N–H and O–H groups in total. The van der Waals surface area contributed by atoms with E-state index in [1.165, 1.54) is 0 Å². The summed E-state index contributed by atoms with van der Waals surface area (Å²) in [6.45, 7) is 5.70. The van der Waals surface area contributed by atoms with Crippen molar-refractivity contribution in [2.75, 3.05) is 37.4 Å². The summed E-state index contributed by atoms with van der Waals surface area (Å²) in [4.78, 5) is 11.0. The van der Waals surface area contributed by atoms with Crippen molar-refractivity contribution in [2.24, 2.45) is 0 Å². The van der Waals surface area contributed by atoms with E-state index < -0.39 is 0 Å². The first-order valence-corrected chi connectivity index (χ1v) is 6.13. The van der Waals surface area contributed by atoms with Gasteiger partial charge >= 0.3 is 0 Å². The Hall–Kier alpha value is -2.14. The summed E-state index contributed by atoms with van der Waals surface area (Å²) in [5.74, 6) is 1.10. The monoisotopic (exact) mass is 258 g/mol. The average Bonchev–Trinajstić information content (AvgIpc) is 2.43. The molecule has 0 aliphatic rings. The number of fused-ring (bicyclic) bond motifs is 1. The van der Waals surface area contributed by atoms with Crippen LogP contribution in [0.3, 0.4) is 0 Å². The molecule has 1 aromatic heterocycles. The highest BCUT2D eigenvalue weighted by Gasteiger charge is 2.12. The van der Waals surface area contributed by atoms with E-state index in [1.54, 1.807) is 7.11 Å². The van der Waals surface area contributed by atoms with E-state index in [-0.39, 0.29) is 0 Å². The molecule has 0 atom stereocenters. The summed E-state index contributed by atoms with van der Waals surface area (Å²) in [5, 5.41) is 0. The van der Waals surface area contributed by atoms with Crippen molar-refractivity contribution < 1.29 is 4.74 Å². The number of nitrogens with two attached hydrogens (primary N) is 1. The molecule has 0 aliphatic heterocycles. The van der Waals surface area contributed by atoms with Gasteiger partial charge in [0, 0.05) is 20.2 Å². The van der Waals surface area contributed by atoms with Crippen molar-refractivity contribution in [2.45, 2.75) is 0 Å². The van der Waals surface area contributed by atoms with Crippen LogP contribution in [0.1, 0.15) is 0 Å². The third-order valence-electron chi connectivity index (χ3n) is 2.79. The maximum atomic E-state index is 6.00. The molecule has 5 heteroatoms. The molecule has 0 saturated heterocycles. The van der Waals surface area contributed by atoms with Gasteiger partial charge in [-0.05, 0) is 12.1 Å². The van der Waals surface area contributed by atoms with Gasteiger partial charge in [0.2, 0.25) is 0 Å². The van der Waals surface area contributed by atoms with E-state index in [0.29, 0.717) is 31.3 Å². The summed E-state index contributed by atoms with van der Waals surface area (Å²) in [7, 11) is 1.67. The Morgan fingerprint density at radius 3 is 2.63 bits per heavy atom. The Morgan fingerprint density at radius 1 is 1.32 bits per heavy atom. The van der Waals surface area contributed by atoms with Gasteiger partial charge in [0.15, 0.2) is 11.6 Å². The fourth-order valence-electron chi connectivity index (χ4n) is 1.88. The van der Waals surface area contributed by atoms with Gasteiger partial charge in [-0.1, -0.05) is 18.2 Å². The summed E-state index contributed by atoms with van der Waals surface area (Å²) >= 11 is 0. The highest BCUT2D eigenvalue weighted by molar-refractivity contribution is 5.79. The summed E-state index contributed by atoms with van der Waals surface area (Å²) in [6, 6.07) is 7.68. The Morgan fingerprint density at radius 2 is 2.00 bits per heavy atom. The summed E-state index contributed by atoms with van der Waals surface area (Å²) in [6.07, 6.45) is 1.81. The van der Waals surface area contributed by atoms with Crippen molar-refractivity contribution in [3.8, 4) is 0 Å². The van der Waals surface area contributed by atoms with E-state index in [2.05, 4.69) is 16.5 Å². The zero-order valence-electron chi connectivity index (χ0n) is 11.0. The molecule has 0 radical (unpaired) electrons. The van der Waals surface area contributed by atoms with Crippen LogP contribution in [0.2, 0.25) is 0 Å². The lowest BCUT2D eigenvalue weighted by atomic mass is 10.3. The largest absolute Gasteiger partial charge is 0.383 e. The van der Waals surface area contributed by atoms with Crippen molar-refractivity contribution in [3.63, 3.8) is 0 Å². The molecule has 0 fully saturated rings. The fourth-order valence-corrected chi connectivity index (χ4v) is 1.88. The predicted molar refractivity (Wildman–Crippen MR) is 78.2 cm³/mol. The number of nitrogen functional groups attached to an aromatic ring is 1. The average molecular weight is 258 g/mol. The Kier molecular flexibility index (Phi) is 4.30. The number of hydrogen-bond acceptors (Lipinski definition) is 5. The number of ether oxygens (including phenoxy) is 1. The molecule has 0 unspecified atom stereocenters. The van der Waals surface area contributed by atoms with Crippen LogP contribution < -0.4 is 10.6 Å². The second kappa shape index (κ2) is 6.15. The number of rotatable bonds is 6. The van der Waals surface area contributed by atoms with Gasteiger partial charge in [-0.15, -0.1) is 6.58 Å². The first-order valence-electron chi connectivity index (χ1n) is 6.13. The molecule has 0 aliphatic carbocycles. The van der Waals surface area contributed by atoms with E-state index in [4.69, 9.17) is 10.5 Å². The molecular weight excluding hydrogens is 240 g/mol. The molecule has 100 valence electrons. The van der Waals surface area contributed by atoms with Crippen LogP contribution in [0.4, 0.5) is 11.6 Å². The first-order chi connectivity index (χ1) is 9.26. The van der Waals surface area contributed by atoms with Crippen LogP contribution >= 0.6 is 0 Å². The summed E-state index contributed by atoms with van der Waals surface area (Å²) in [5.41, 5.74) is 7.63. The van der Waals surface area contributed by atoms with Gasteiger partial charge in [0.1, 0.15) is 0 Å². The van der Waals surface area contributed by atoms with E-state index in [1.807, 2.05) is 35.2 Å². The molecule has 2 aromatic rings. The Balaban J connectivity index is 2.39. The minimum atomic E-state index is 0.427. The second-order valence-corrected chi connectivity index (χ2v) is 4.15. The fraction of sp³-hybridized carbons (Fsp3) is 0.286. The van der Waals surface area contributed by atoms with Crippen LogP contribution in [0.25, 0.3) is 11.0 Å². The third kappa shape index (κ3) is 3.00. The zero-order chi connectivity index (χ0) is 13.7. The topological polar surface area (TPSA) is 64.3 Å². The highest BCUT2D eigenvalue weighted by atomic mass is 16.5. The van der Waals surface area contributed by atoms with Gasteiger partial charge in [-0.3, -0.25) is 0 Å². The Labute approximate surface area is 112 Å². The highest BCUT2D eigenvalue weighted by Crippen LogP contribution is 2.22. The molecule has 5 nitrogen and oxygen atoms in total. The van der Waals surface area contributed by atoms with E-state index in [9.17, 15) is 0 Å². The molecule has 0 amide bonds. The normalized spacial score (nSPS) is 10.6. The summed E-state index contributed by atoms with van der Waals surface area (Å²) < 4.78 is 5.10. The minimum absolute atomic E-state index is 0.427. The molecule has 1 heterocycles. The standard InChI is InChI=1S/C14H18N4O/c1-3-8-18(9-10-19-2)14-13(15)16-11-6-4-5-7-12(11)17-14/h3-7H,1,8-10H2,2H3,(H2,15,16). The van der Waals surface area contributed by atoms with Crippen LogP contribution in [-0.2, 0) is 4.74 Å². The minimum Gasteiger partial charge on any atom is -0.383 e. The van der Waals surface area contributed by atoms with Crippen LogP contribution in [0.15, 0.2) is 36.9 Å². The first kappa shape index (κ1) is 13.3. The lowest BCUT2D eigenvalue weighted by Gasteiger charge is -2.22. The van der Waals surface area contributed by atoms with Gasteiger partial charge in [0.05, 0.1) is 17.6 Å². The SMILES string of the molecule is C=CCN(CCOC)c1nc2ccccc2nc1N. The van der Waals surface area contributed by atoms with Gasteiger partial charge in [-0.25, -0.2) is 9.97 Å². The van der Waals surface area contributed by atoms with Gasteiger partial charge in [-0.2, -0.15) is 0 Å². The van der Waals surface area contributed by atoms with Gasteiger partial charge in [0.25, 0.3) is 0 Å². The zero-order valence-corrected chi connectivity index (χ0v) is 11.0. The van der Waals surface area contributed by atoms with E-state index >= 15 is 0 Å². The van der Waals surface area contributed by atoms with Crippen LogP contribution in [0.5, 0.6) is 0 Å². The number of aromatic nitrogens is 2.